The second-order valence-corrected chi connectivity index (χ2v) is 4.81. The summed E-state index contributed by atoms with van der Waals surface area (Å²) in [6.07, 6.45) is 0.938. The molecule has 1 aromatic rings. The number of carbonyl (C=O) groups is 3. The Morgan fingerprint density at radius 1 is 1.25 bits per heavy atom. The lowest BCUT2D eigenvalue weighted by molar-refractivity contribution is -0.131. The van der Waals surface area contributed by atoms with Crippen molar-refractivity contribution in [3.05, 3.63) is 24.3 Å². The largest absolute Gasteiger partial charge is 0.334 e. The van der Waals surface area contributed by atoms with Crippen LogP contribution in [0.4, 0.5) is 11.4 Å². The summed E-state index contributed by atoms with van der Waals surface area (Å²) in [5.41, 5.74) is 1.21. The Morgan fingerprint density at radius 3 is 2.45 bits per heavy atom. The Balaban J connectivity index is 2.04. The predicted octanol–water partition coefficient (Wildman–Crippen LogP) is 1.20. The molecule has 1 aliphatic rings. The fraction of sp³-hybridized carbons (Fsp3) is 0.357. The maximum absolute atomic E-state index is 12.1. The van der Waals surface area contributed by atoms with Crippen LogP contribution in [-0.2, 0) is 14.4 Å². The average molecular weight is 275 g/mol. The molecule has 3 amide bonds. The number of amides is 3. The smallest absolute Gasteiger partial charge is 0.247 e. The van der Waals surface area contributed by atoms with Crippen molar-refractivity contribution in [2.24, 2.45) is 0 Å². The van der Waals surface area contributed by atoms with Gasteiger partial charge < -0.3 is 15.5 Å². The van der Waals surface area contributed by atoms with E-state index in [9.17, 15) is 14.4 Å². The van der Waals surface area contributed by atoms with Gasteiger partial charge in [0.15, 0.2) is 0 Å². The normalized spacial score (nSPS) is 18.0. The summed E-state index contributed by atoms with van der Waals surface area (Å²) in [5.74, 6) is -0.398. The number of likely N-dealkylation sites (tertiary alicyclic amines) is 1. The number of nitrogens with zero attached hydrogens (tertiary/aromatic N) is 1. The molecule has 2 N–H and O–H groups in total. The van der Waals surface area contributed by atoms with E-state index in [2.05, 4.69) is 10.6 Å². The molecule has 1 fully saturated rings. The number of rotatable bonds is 3. The van der Waals surface area contributed by atoms with Crippen molar-refractivity contribution in [2.75, 3.05) is 17.7 Å². The highest BCUT2D eigenvalue weighted by molar-refractivity contribution is 5.99. The van der Waals surface area contributed by atoms with Crippen molar-refractivity contribution >= 4 is 29.1 Å². The molecule has 6 nitrogen and oxygen atoms in total. The first kappa shape index (κ1) is 14.0. The van der Waals surface area contributed by atoms with Gasteiger partial charge in [0.1, 0.15) is 6.04 Å². The Morgan fingerprint density at radius 2 is 1.90 bits per heavy atom. The molecule has 1 aromatic carbocycles. The zero-order chi connectivity index (χ0) is 14.7. The first-order valence-corrected chi connectivity index (χ1v) is 6.41. The molecule has 6 heteroatoms. The molecule has 1 heterocycles. The van der Waals surface area contributed by atoms with Crippen LogP contribution in [0, 0.1) is 0 Å². The van der Waals surface area contributed by atoms with Gasteiger partial charge in [-0.1, -0.05) is 6.07 Å². The zero-order valence-electron chi connectivity index (χ0n) is 11.5. The van der Waals surface area contributed by atoms with E-state index in [1.54, 1.807) is 31.3 Å². The molecule has 0 radical (unpaired) electrons. The van der Waals surface area contributed by atoms with Crippen molar-refractivity contribution in [2.45, 2.75) is 25.8 Å². The molecule has 1 saturated heterocycles. The molecule has 0 aliphatic carbocycles. The van der Waals surface area contributed by atoms with Crippen LogP contribution < -0.4 is 10.6 Å². The number of anilines is 2. The maximum atomic E-state index is 12.1. The Kier molecular flexibility index (Phi) is 4.02. The van der Waals surface area contributed by atoms with Gasteiger partial charge in [-0.25, -0.2) is 0 Å². The summed E-state index contributed by atoms with van der Waals surface area (Å²) < 4.78 is 0. The number of nitrogens with one attached hydrogen (secondary N) is 2. The molecule has 2 rings (SSSR count). The van der Waals surface area contributed by atoms with Gasteiger partial charge in [-0.3, -0.25) is 14.4 Å². The molecule has 1 atom stereocenters. The summed E-state index contributed by atoms with van der Waals surface area (Å²) in [5, 5.41) is 5.41. The monoisotopic (exact) mass is 275 g/mol. The first-order chi connectivity index (χ1) is 9.47. The van der Waals surface area contributed by atoms with Crippen LogP contribution in [0.1, 0.15) is 19.8 Å². The van der Waals surface area contributed by atoms with Gasteiger partial charge in [0.05, 0.1) is 0 Å². The highest BCUT2D eigenvalue weighted by Crippen LogP contribution is 2.20. The predicted molar refractivity (Wildman–Crippen MR) is 75.2 cm³/mol. The topological polar surface area (TPSA) is 78.5 Å². The standard InChI is InChI=1S/C14H17N3O3/c1-9(18)15-10-4-3-5-11(8-10)16-14(20)12-6-7-13(19)17(12)2/h3-5,8,12H,6-7H2,1-2H3,(H,15,18)(H,16,20). The number of likely N-dealkylation sites (N-methyl/N-ethyl adjacent to an activating group) is 1. The maximum Gasteiger partial charge on any atom is 0.247 e. The van der Waals surface area contributed by atoms with Gasteiger partial charge in [0, 0.05) is 31.8 Å². The van der Waals surface area contributed by atoms with Crippen molar-refractivity contribution in [1.82, 2.24) is 4.90 Å². The summed E-state index contributed by atoms with van der Waals surface area (Å²) in [6.45, 7) is 1.42. The summed E-state index contributed by atoms with van der Waals surface area (Å²) >= 11 is 0. The Bertz CT molecular complexity index is 556. The lowest BCUT2D eigenvalue weighted by atomic mass is 10.2. The molecular weight excluding hydrogens is 258 g/mol. The number of hydrogen-bond acceptors (Lipinski definition) is 3. The minimum Gasteiger partial charge on any atom is -0.334 e. The third-order valence-electron chi connectivity index (χ3n) is 3.25. The quantitative estimate of drug-likeness (QED) is 0.870. The minimum atomic E-state index is -0.424. The van der Waals surface area contributed by atoms with E-state index >= 15 is 0 Å². The van der Waals surface area contributed by atoms with Gasteiger partial charge in [-0.15, -0.1) is 0 Å². The van der Waals surface area contributed by atoms with E-state index in [0.717, 1.165) is 0 Å². The lowest BCUT2D eigenvalue weighted by Crippen LogP contribution is -2.38. The van der Waals surface area contributed by atoms with E-state index in [1.165, 1.54) is 11.8 Å². The molecular formula is C14H17N3O3. The Hall–Kier alpha value is -2.37. The van der Waals surface area contributed by atoms with Gasteiger partial charge in [0.2, 0.25) is 17.7 Å². The van der Waals surface area contributed by atoms with Crippen LogP contribution in [0.2, 0.25) is 0 Å². The van der Waals surface area contributed by atoms with Crippen LogP contribution in [0.25, 0.3) is 0 Å². The van der Waals surface area contributed by atoms with Crippen molar-refractivity contribution in [3.63, 3.8) is 0 Å². The van der Waals surface area contributed by atoms with Crippen LogP contribution in [0.15, 0.2) is 24.3 Å². The zero-order valence-corrected chi connectivity index (χ0v) is 11.5. The molecule has 0 saturated carbocycles. The van der Waals surface area contributed by atoms with Crippen molar-refractivity contribution in [3.8, 4) is 0 Å². The fourth-order valence-corrected chi connectivity index (χ4v) is 2.21. The van der Waals surface area contributed by atoms with E-state index in [0.29, 0.717) is 24.2 Å². The van der Waals surface area contributed by atoms with Crippen LogP contribution in [0.3, 0.4) is 0 Å². The van der Waals surface area contributed by atoms with E-state index in [1.807, 2.05) is 0 Å². The third-order valence-corrected chi connectivity index (χ3v) is 3.25. The molecule has 0 spiro atoms. The molecule has 106 valence electrons. The van der Waals surface area contributed by atoms with E-state index in [-0.39, 0.29) is 17.7 Å². The van der Waals surface area contributed by atoms with Gasteiger partial charge >= 0.3 is 0 Å². The fourth-order valence-electron chi connectivity index (χ4n) is 2.21. The molecule has 0 aromatic heterocycles. The van der Waals surface area contributed by atoms with Crippen LogP contribution in [-0.4, -0.2) is 35.7 Å². The van der Waals surface area contributed by atoms with E-state index < -0.39 is 6.04 Å². The molecule has 1 unspecified atom stereocenters. The molecule has 20 heavy (non-hydrogen) atoms. The van der Waals surface area contributed by atoms with Crippen LogP contribution >= 0.6 is 0 Å². The summed E-state index contributed by atoms with van der Waals surface area (Å²) in [7, 11) is 1.63. The summed E-state index contributed by atoms with van der Waals surface area (Å²) in [6, 6.07) is 6.47. The second-order valence-electron chi connectivity index (χ2n) is 4.81. The van der Waals surface area contributed by atoms with Gasteiger partial charge in [-0.2, -0.15) is 0 Å². The minimum absolute atomic E-state index is 0.0165. The van der Waals surface area contributed by atoms with E-state index in [4.69, 9.17) is 0 Å². The highest BCUT2D eigenvalue weighted by Gasteiger charge is 2.33. The number of carbonyl (C=O) groups excluding carboxylic acids is 3. The average Bonchev–Trinajstić information content (AvgIpc) is 2.69. The highest BCUT2D eigenvalue weighted by atomic mass is 16.2. The van der Waals surface area contributed by atoms with Crippen molar-refractivity contribution < 1.29 is 14.4 Å². The van der Waals surface area contributed by atoms with Crippen LogP contribution in [0.5, 0.6) is 0 Å². The van der Waals surface area contributed by atoms with Crippen molar-refractivity contribution in [1.29, 1.82) is 0 Å². The molecule has 0 bridgehead atoms. The summed E-state index contributed by atoms with van der Waals surface area (Å²) in [4.78, 5) is 36.0. The number of hydrogen-bond donors (Lipinski definition) is 2. The second kappa shape index (κ2) is 5.73. The lowest BCUT2D eigenvalue weighted by Gasteiger charge is -2.19. The van der Waals surface area contributed by atoms with Gasteiger partial charge in [-0.05, 0) is 24.6 Å². The van der Waals surface area contributed by atoms with Gasteiger partial charge in [0.25, 0.3) is 0 Å². The third kappa shape index (κ3) is 3.14. The first-order valence-electron chi connectivity index (χ1n) is 6.41. The SMILES string of the molecule is CC(=O)Nc1cccc(NC(=O)C2CCC(=O)N2C)c1. The Labute approximate surface area is 117 Å². The number of benzene rings is 1. The molecule has 1 aliphatic heterocycles.